The molecule has 3 heteroatoms. The molecule has 1 atom stereocenters. The Morgan fingerprint density at radius 2 is 2.19 bits per heavy atom. The summed E-state index contributed by atoms with van der Waals surface area (Å²) < 4.78 is 14.4. The Hall–Kier alpha value is -0.410. The molecule has 1 aromatic rings. The Kier molecular flexibility index (Phi) is 3.36. The lowest BCUT2D eigenvalue weighted by Gasteiger charge is -2.27. The lowest BCUT2D eigenvalue weighted by atomic mass is 9.87. The first kappa shape index (κ1) is 12.1. The van der Waals surface area contributed by atoms with Gasteiger partial charge in [-0.25, -0.2) is 4.39 Å². The van der Waals surface area contributed by atoms with Crippen molar-refractivity contribution in [3.8, 4) is 0 Å². The largest absolute Gasteiger partial charge is 0.389 e. The average Bonchev–Trinajstić information content (AvgIpc) is 3.07. The minimum Gasteiger partial charge on any atom is -0.389 e. The Morgan fingerprint density at radius 3 is 2.75 bits per heavy atom. The first-order valence-corrected chi connectivity index (χ1v) is 6.51. The summed E-state index contributed by atoms with van der Waals surface area (Å²) >= 11 is 3.33. The van der Waals surface area contributed by atoms with Gasteiger partial charge in [0.05, 0.1) is 5.60 Å². The molecule has 1 nitrogen and oxygen atoms in total. The second-order valence-corrected chi connectivity index (χ2v) is 5.56. The van der Waals surface area contributed by atoms with Gasteiger partial charge in [0, 0.05) is 10.9 Å². The summed E-state index contributed by atoms with van der Waals surface area (Å²) in [5.74, 6) is 0.131. The van der Waals surface area contributed by atoms with Crippen molar-refractivity contribution in [3.63, 3.8) is 0 Å². The van der Waals surface area contributed by atoms with Gasteiger partial charge in [-0.3, -0.25) is 0 Å². The zero-order valence-electron chi connectivity index (χ0n) is 9.34. The van der Waals surface area contributed by atoms with E-state index >= 15 is 0 Å². The third-order valence-corrected chi connectivity index (χ3v) is 3.95. The topological polar surface area (TPSA) is 20.2 Å². The van der Waals surface area contributed by atoms with Crippen molar-refractivity contribution in [2.75, 3.05) is 0 Å². The van der Waals surface area contributed by atoms with E-state index in [4.69, 9.17) is 0 Å². The van der Waals surface area contributed by atoms with Gasteiger partial charge in [0.25, 0.3) is 0 Å². The number of benzene rings is 1. The highest BCUT2D eigenvalue weighted by Crippen LogP contribution is 2.43. The minimum absolute atomic E-state index is 0.226. The van der Waals surface area contributed by atoms with Crippen LogP contribution in [0.2, 0.25) is 0 Å². The third-order valence-electron chi connectivity index (χ3n) is 3.45. The van der Waals surface area contributed by atoms with Gasteiger partial charge >= 0.3 is 0 Å². The van der Waals surface area contributed by atoms with Gasteiger partial charge in [-0.15, -0.1) is 0 Å². The molecular weight excluding hydrogens is 271 g/mol. The molecule has 1 saturated carbocycles. The highest BCUT2D eigenvalue weighted by Gasteiger charge is 2.42. The van der Waals surface area contributed by atoms with Gasteiger partial charge in [-0.2, -0.15) is 0 Å². The molecule has 0 bridgehead atoms. The third kappa shape index (κ3) is 2.46. The number of halogens is 2. The molecule has 0 saturated heterocycles. The fraction of sp³-hybridized carbons (Fsp3) is 0.538. The Balaban J connectivity index is 2.21. The number of hydrogen-bond acceptors (Lipinski definition) is 1. The molecule has 0 heterocycles. The van der Waals surface area contributed by atoms with Crippen molar-refractivity contribution < 1.29 is 9.50 Å². The Morgan fingerprint density at radius 1 is 1.50 bits per heavy atom. The lowest BCUT2D eigenvalue weighted by molar-refractivity contribution is 0.0131. The smallest absolute Gasteiger partial charge is 0.126 e. The zero-order chi connectivity index (χ0) is 11.8. The molecule has 2 rings (SSSR count). The molecule has 1 fully saturated rings. The second kappa shape index (κ2) is 4.46. The predicted molar refractivity (Wildman–Crippen MR) is 65.8 cm³/mol. The van der Waals surface area contributed by atoms with E-state index in [1.807, 2.05) is 6.92 Å². The van der Waals surface area contributed by atoms with E-state index in [9.17, 15) is 9.50 Å². The summed E-state index contributed by atoms with van der Waals surface area (Å²) in [6.45, 7) is 1.97. The average molecular weight is 287 g/mol. The van der Waals surface area contributed by atoms with E-state index in [0.29, 0.717) is 24.3 Å². The summed E-state index contributed by atoms with van der Waals surface area (Å²) in [5, 5.41) is 10.4. The number of hydrogen-bond donors (Lipinski definition) is 1. The van der Waals surface area contributed by atoms with Gasteiger partial charge in [0.1, 0.15) is 5.82 Å². The van der Waals surface area contributed by atoms with Crippen LogP contribution in [0.3, 0.4) is 0 Å². The van der Waals surface area contributed by atoms with Crippen LogP contribution in [0.1, 0.15) is 31.7 Å². The molecule has 16 heavy (non-hydrogen) atoms. The normalized spacial score (nSPS) is 19.5. The van der Waals surface area contributed by atoms with Crippen LogP contribution in [0, 0.1) is 11.7 Å². The van der Waals surface area contributed by atoms with Crippen LogP contribution in [-0.2, 0) is 6.42 Å². The lowest BCUT2D eigenvalue weighted by Crippen LogP contribution is -2.33. The highest BCUT2D eigenvalue weighted by atomic mass is 79.9. The molecule has 88 valence electrons. The van der Waals surface area contributed by atoms with E-state index < -0.39 is 5.60 Å². The summed E-state index contributed by atoms with van der Waals surface area (Å²) in [5.41, 5.74) is -0.118. The van der Waals surface area contributed by atoms with Crippen molar-refractivity contribution in [3.05, 3.63) is 34.1 Å². The van der Waals surface area contributed by atoms with Crippen molar-refractivity contribution in [1.29, 1.82) is 0 Å². The Bertz CT molecular complexity index is 390. The van der Waals surface area contributed by atoms with Crippen molar-refractivity contribution >= 4 is 15.9 Å². The molecular formula is C13H16BrFO. The van der Waals surface area contributed by atoms with Crippen LogP contribution in [-0.4, -0.2) is 10.7 Å². The quantitative estimate of drug-likeness (QED) is 0.895. The summed E-state index contributed by atoms with van der Waals surface area (Å²) in [4.78, 5) is 0. The van der Waals surface area contributed by atoms with Crippen LogP contribution in [0.4, 0.5) is 4.39 Å². The van der Waals surface area contributed by atoms with Crippen LogP contribution in [0.5, 0.6) is 0 Å². The SMILES string of the molecule is CCC(O)(Cc1cc(Br)ccc1F)C1CC1. The maximum atomic E-state index is 13.6. The molecule has 0 aliphatic heterocycles. The maximum absolute atomic E-state index is 13.6. The molecule has 1 unspecified atom stereocenters. The van der Waals surface area contributed by atoms with Crippen LogP contribution in [0.15, 0.2) is 22.7 Å². The van der Waals surface area contributed by atoms with E-state index in [-0.39, 0.29) is 5.82 Å². The number of aliphatic hydroxyl groups is 1. The zero-order valence-corrected chi connectivity index (χ0v) is 10.9. The molecule has 1 aromatic carbocycles. The molecule has 1 aliphatic carbocycles. The van der Waals surface area contributed by atoms with Gasteiger partial charge in [-0.05, 0) is 48.9 Å². The van der Waals surface area contributed by atoms with Gasteiger partial charge in [0.15, 0.2) is 0 Å². The molecule has 0 spiro atoms. The minimum atomic E-state index is -0.721. The standard InChI is InChI=1S/C13H16BrFO/c1-2-13(16,10-3-4-10)8-9-7-11(14)5-6-12(9)15/h5-7,10,16H,2-4,8H2,1H3. The highest BCUT2D eigenvalue weighted by molar-refractivity contribution is 9.10. The molecule has 1 aliphatic rings. The first-order chi connectivity index (χ1) is 7.55. The summed E-state index contributed by atoms with van der Waals surface area (Å²) in [6.07, 6.45) is 3.24. The maximum Gasteiger partial charge on any atom is 0.126 e. The van der Waals surface area contributed by atoms with Gasteiger partial charge in [-0.1, -0.05) is 22.9 Å². The van der Waals surface area contributed by atoms with Gasteiger partial charge < -0.3 is 5.11 Å². The Labute approximate surface area is 104 Å². The van der Waals surface area contributed by atoms with Crippen LogP contribution in [0.25, 0.3) is 0 Å². The van der Waals surface area contributed by atoms with Crippen LogP contribution >= 0.6 is 15.9 Å². The molecule has 0 amide bonds. The predicted octanol–water partition coefficient (Wildman–Crippen LogP) is 3.68. The van der Waals surface area contributed by atoms with E-state index in [1.54, 1.807) is 12.1 Å². The molecule has 0 radical (unpaired) electrons. The van der Waals surface area contributed by atoms with Gasteiger partial charge in [0.2, 0.25) is 0 Å². The monoisotopic (exact) mass is 286 g/mol. The second-order valence-electron chi connectivity index (χ2n) is 4.64. The van der Waals surface area contributed by atoms with E-state index in [1.165, 1.54) is 6.07 Å². The van der Waals surface area contributed by atoms with Crippen molar-refractivity contribution in [1.82, 2.24) is 0 Å². The summed E-state index contributed by atoms with van der Waals surface area (Å²) in [6, 6.07) is 4.89. The van der Waals surface area contributed by atoms with E-state index in [0.717, 1.165) is 17.3 Å². The van der Waals surface area contributed by atoms with Crippen molar-refractivity contribution in [2.24, 2.45) is 5.92 Å². The fourth-order valence-corrected chi connectivity index (χ4v) is 2.60. The first-order valence-electron chi connectivity index (χ1n) is 5.71. The fourth-order valence-electron chi connectivity index (χ4n) is 2.19. The molecule has 0 aromatic heterocycles. The van der Waals surface area contributed by atoms with Crippen molar-refractivity contribution in [2.45, 2.75) is 38.2 Å². The molecule has 1 N–H and O–H groups in total. The number of rotatable bonds is 4. The van der Waals surface area contributed by atoms with Crippen LogP contribution < -0.4 is 0 Å². The van der Waals surface area contributed by atoms with E-state index in [2.05, 4.69) is 15.9 Å². The summed E-state index contributed by atoms with van der Waals surface area (Å²) in [7, 11) is 0.